The molecule has 31 heavy (non-hydrogen) atoms. The van der Waals surface area contributed by atoms with Crippen molar-refractivity contribution in [3.63, 3.8) is 0 Å². The lowest BCUT2D eigenvalue weighted by Crippen LogP contribution is -2.40. The van der Waals surface area contributed by atoms with E-state index in [1.54, 1.807) is 17.5 Å². The number of nitrogens with one attached hydrogen (secondary N) is 1. The van der Waals surface area contributed by atoms with Gasteiger partial charge in [0.05, 0.1) is 33.6 Å². The van der Waals surface area contributed by atoms with Crippen LogP contribution in [0.15, 0.2) is 54.3 Å². The SMILES string of the molecule is NC1CCN(c2cncc(-c3n[nH]c4ccc(-c5ccc6scnc6c5)cc34)n2)CC1. The van der Waals surface area contributed by atoms with Crippen LogP contribution in [0.2, 0.25) is 0 Å². The van der Waals surface area contributed by atoms with E-state index in [2.05, 4.69) is 61.5 Å². The maximum atomic E-state index is 6.05. The van der Waals surface area contributed by atoms with E-state index in [-0.39, 0.29) is 6.04 Å². The van der Waals surface area contributed by atoms with Gasteiger partial charge in [-0.1, -0.05) is 12.1 Å². The van der Waals surface area contributed by atoms with Gasteiger partial charge in [0.1, 0.15) is 17.2 Å². The highest BCUT2D eigenvalue weighted by Gasteiger charge is 2.19. The highest BCUT2D eigenvalue weighted by molar-refractivity contribution is 7.16. The number of hydrogen-bond donors (Lipinski definition) is 2. The van der Waals surface area contributed by atoms with Gasteiger partial charge in [-0.25, -0.2) is 9.97 Å². The molecule has 0 spiro atoms. The molecule has 0 aliphatic carbocycles. The molecule has 1 fully saturated rings. The lowest BCUT2D eigenvalue weighted by Gasteiger charge is -2.30. The second kappa shape index (κ2) is 7.40. The molecule has 5 aromatic rings. The minimum Gasteiger partial charge on any atom is -0.355 e. The fourth-order valence-corrected chi connectivity index (χ4v) is 4.84. The van der Waals surface area contributed by atoms with E-state index in [1.807, 2.05) is 11.7 Å². The zero-order chi connectivity index (χ0) is 20.8. The van der Waals surface area contributed by atoms with Crippen molar-refractivity contribution in [3.8, 4) is 22.5 Å². The van der Waals surface area contributed by atoms with Crippen LogP contribution in [0.4, 0.5) is 5.82 Å². The van der Waals surface area contributed by atoms with Gasteiger partial charge in [0.25, 0.3) is 0 Å². The Morgan fingerprint density at radius 1 is 1.03 bits per heavy atom. The van der Waals surface area contributed by atoms with Crippen molar-refractivity contribution in [1.29, 1.82) is 0 Å². The largest absolute Gasteiger partial charge is 0.355 e. The number of aromatic amines is 1. The van der Waals surface area contributed by atoms with Crippen LogP contribution in [0.25, 0.3) is 43.6 Å². The summed E-state index contributed by atoms with van der Waals surface area (Å²) in [5.74, 6) is 0.880. The molecule has 7 nitrogen and oxygen atoms in total. The number of hydrogen-bond acceptors (Lipinski definition) is 7. The molecule has 2 aromatic carbocycles. The third-order valence-electron chi connectivity index (χ3n) is 5.95. The number of anilines is 1. The molecule has 0 bridgehead atoms. The number of thiazole rings is 1. The highest BCUT2D eigenvalue weighted by Crippen LogP contribution is 2.32. The molecule has 6 rings (SSSR count). The van der Waals surface area contributed by atoms with Crippen molar-refractivity contribution >= 4 is 38.3 Å². The number of nitrogens with two attached hydrogens (primary N) is 1. The Labute approximate surface area is 183 Å². The lowest BCUT2D eigenvalue weighted by atomic mass is 10.0. The van der Waals surface area contributed by atoms with Crippen molar-refractivity contribution < 1.29 is 0 Å². The second-order valence-electron chi connectivity index (χ2n) is 7.95. The minimum atomic E-state index is 0.282. The first-order valence-electron chi connectivity index (χ1n) is 10.4. The van der Waals surface area contributed by atoms with Crippen LogP contribution in [0.5, 0.6) is 0 Å². The van der Waals surface area contributed by atoms with Gasteiger partial charge in [-0.05, 0) is 48.2 Å². The van der Waals surface area contributed by atoms with Crippen LogP contribution >= 0.6 is 11.3 Å². The normalized spacial score (nSPS) is 15.2. The maximum absolute atomic E-state index is 6.05. The summed E-state index contributed by atoms with van der Waals surface area (Å²) < 4.78 is 1.19. The standard InChI is InChI=1S/C23H21N7S/c24-16-5-7-30(8-6-16)22-12-25-11-20(27-22)23-17-9-14(1-3-18(17)28-29-23)15-2-4-21-19(10-15)26-13-31-21/h1-4,9-13,16H,5-8,24H2,(H,28,29). The number of nitrogens with zero attached hydrogens (tertiary/aromatic N) is 5. The Bertz CT molecular complexity index is 1380. The van der Waals surface area contributed by atoms with E-state index in [1.165, 1.54) is 4.70 Å². The number of fused-ring (bicyclic) bond motifs is 2. The van der Waals surface area contributed by atoms with Gasteiger partial charge in [0.15, 0.2) is 0 Å². The molecule has 0 radical (unpaired) electrons. The molecular formula is C23H21N7S. The molecule has 8 heteroatoms. The number of rotatable bonds is 3. The van der Waals surface area contributed by atoms with Gasteiger partial charge < -0.3 is 10.6 Å². The molecule has 0 atom stereocenters. The van der Waals surface area contributed by atoms with E-state index < -0.39 is 0 Å². The van der Waals surface area contributed by atoms with Crippen LogP contribution in [-0.4, -0.2) is 44.3 Å². The van der Waals surface area contributed by atoms with Crippen molar-refractivity contribution in [2.24, 2.45) is 5.73 Å². The zero-order valence-electron chi connectivity index (χ0n) is 16.8. The van der Waals surface area contributed by atoms with Crippen LogP contribution in [-0.2, 0) is 0 Å². The summed E-state index contributed by atoms with van der Waals surface area (Å²) in [6.45, 7) is 1.81. The molecule has 0 saturated carbocycles. The number of piperidine rings is 1. The molecule has 154 valence electrons. The zero-order valence-corrected chi connectivity index (χ0v) is 17.6. The quantitative estimate of drug-likeness (QED) is 0.447. The average Bonchev–Trinajstić information content (AvgIpc) is 3.45. The predicted octanol–water partition coefficient (Wildman–Crippen LogP) is 4.22. The summed E-state index contributed by atoms with van der Waals surface area (Å²) in [7, 11) is 0. The van der Waals surface area contributed by atoms with Gasteiger partial charge in [0.2, 0.25) is 0 Å². The summed E-state index contributed by atoms with van der Waals surface area (Å²) in [6.07, 6.45) is 5.56. The Kier molecular flexibility index (Phi) is 4.40. The minimum absolute atomic E-state index is 0.282. The molecule has 0 unspecified atom stereocenters. The predicted molar refractivity (Wildman–Crippen MR) is 125 cm³/mol. The summed E-state index contributed by atoms with van der Waals surface area (Å²) in [5, 5.41) is 8.73. The summed E-state index contributed by atoms with van der Waals surface area (Å²) in [4.78, 5) is 16.0. The summed E-state index contributed by atoms with van der Waals surface area (Å²) >= 11 is 1.66. The molecule has 1 aliphatic rings. The Balaban J connectivity index is 1.39. The molecule has 4 heterocycles. The molecule has 3 N–H and O–H groups in total. The average molecular weight is 428 g/mol. The third-order valence-corrected chi connectivity index (χ3v) is 6.76. The van der Waals surface area contributed by atoms with E-state index in [9.17, 15) is 0 Å². The Morgan fingerprint density at radius 3 is 2.77 bits per heavy atom. The Hall–Kier alpha value is -3.36. The summed E-state index contributed by atoms with van der Waals surface area (Å²) in [6, 6.07) is 13.0. The van der Waals surface area contributed by atoms with Crippen LogP contribution in [0.3, 0.4) is 0 Å². The molecule has 0 amide bonds. The van der Waals surface area contributed by atoms with E-state index in [4.69, 9.17) is 10.7 Å². The van der Waals surface area contributed by atoms with Gasteiger partial charge >= 0.3 is 0 Å². The van der Waals surface area contributed by atoms with Gasteiger partial charge in [-0.3, -0.25) is 10.1 Å². The third kappa shape index (κ3) is 3.34. The van der Waals surface area contributed by atoms with E-state index >= 15 is 0 Å². The number of benzene rings is 2. The van der Waals surface area contributed by atoms with Crippen molar-refractivity contribution in [2.75, 3.05) is 18.0 Å². The maximum Gasteiger partial charge on any atom is 0.147 e. The molecule has 1 saturated heterocycles. The fourth-order valence-electron chi connectivity index (χ4n) is 4.18. The van der Waals surface area contributed by atoms with Crippen LogP contribution < -0.4 is 10.6 Å². The summed E-state index contributed by atoms with van der Waals surface area (Å²) in [5.41, 5.74) is 13.8. The monoisotopic (exact) mass is 427 g/mol. The first-order valence-corrected chi connectivity index (χ1v) is 11.3. The van der Waals surface area contributed by atoms with Crippen molar-refractivity contribution in [3.05, 3.63) is 54.3 Å². The van der Waals surface area contributed by atoms with Crippen LogP contribution in [0.1, 0.15) is 12.8 Å². The smallest absolute Gasteiger partial charge is 0.147 e. The first-order chi connectivity index (χ1) is 15.2. The van der Waals surface area contributed by atoms with Gasteiger partial charge in [0, 0.05) is 24.5 Å². The topological polar surface area (TPSA) is 96.6 Å². The molecule has 1 aliphatic heterocycles. The van der Waals surface area contributed by atoms with Gasteiger partial charge in [-0.15, -0.1) is 11.3 Å². The number of H-pyrrole nitrogens is 1. The number of aromatic nitrogens is 5. The van der Waals surface area contributed by atoms with Crippen molar-refractivity contribution in [1.82, 2.24) is 25.1 Å². The van der Waals surface area contributed by atoms with Gasteiger partial charge in [-0.2, -0.15) is 5.10 Å². The van der Waals surface area contributed by atoms with Crippen molar-refractivity contribution in [2.45, 2.75) is 18.9 Å². The first kappa shape index (κ1) is 18.4. The second-order valence-corrected chi connectivity index (χ2v) is 8.84. The molecule has 3 aromatic heterocycles. The van der Waals surface area contributed by atoms with Crippen LogP contribution in [0, 0.1) is 0 Å². The van der Waals surface area contributed by atoms with E-state index in [0.29, 0.717) is 0 Å². The Morgan fingerprint density at radius 2 is 1.87 bits per heavy atom. The highest BCUT2D eigenvalue weighted by atomic mass is 32.1. The molecular weight excluding hydrogens is 406 g/mol. The lowest BCUT2D eigenvalue weighted by molar-refractivity contribution is 0.498. The fraction of sp³-hybridized carbons (Fsp3) is 0.217. The van der Waals surface area contributed by atoms with E-state index in [0.717, 1.165) is 70.7 Å².